The maximum absolute atomic E-state index is 15.6. The van der Waals surface area contributed by atoms with Crippen LogP contribution in [0.2, 0.25) is 0 Å². The Morgan fingerprint density at radius 3 is 2.05 bits per heavy atom. The van der Waals surface area contributed by atoms with Gasteiger partial charge < -0.3 is 9.46 Å². The van der Waals surface area contributed by atoms with Gasteiger partial charge in [0.1, 0.15) is 5.82 Å². The largest absolute Gasteiger partial charge is 0.309 e. The zero-order valence-electron chi connectivity index (χ0n) is 22.5. The third-order valence-corrected chi connectivity index (χ3v) is 11.1. The number of fused-ring (bicyclic) bond motifs is 3. The van der Waals surface area contributed by atoms with Crippen LogP contribution in [-0.2, 0) is 4.57 Å². The number of rotatable bonds is 4. The van der Waals surface area contributed by atoms with Crippen LogP contribution in [0, 0.1) is 6.92 Å². The Kier molecular flexibility index (Phi) is 5.28. The van der Waals surface area contributed by atoms with Crippen molar-refractivity contribution < 1.29 is 4.57 Å². The lowest BCUT2D eigenvalue weighted by Gasteiger charge is -2.34. The summed E-state index contributed by atoms with van der Waals surface area (Å²) in [6, 6.07) is 47.3. The lowest BCUT2D eigenvalue weighted by atomic mass is 10.1. The highest BCUT2D eigenvalue weighted by Crippen LogP contribution is 2.49. The molecule has 0 aliphatic carbocycles. The van der Waals surface area contributed by atoms with E-state index in [4.69, 9.17) is 4.98 Å². The van der Waals surface area contributed by atoms with Crippen molar-refractivity contribution in [1.82, 2.24) is 9.55 Å². The monoisotopic (exact) mass is 547 g/mol. The summed E-state index contributed by atoms with van der Waals surface area (Å²) in [7, 11) is -3.24. The van der Waals surface area contributed by atoms with Gasteiger partial charge in [-0.3, -0.25) is 4.57 Å². The van der Waals surface area contributed by atoms with Crippen molar-refractivity contribution in [3.05, 3.63) is 145 Å². The van der Waals surface area contributed by atoms with E-state index in [0.29, 0.717) is 0 Å². The number of aryl methyl sites for hydroxylation is 1. The van der Waals surface area contributed by atoms with Crippen LogP contribution < -0.4 is 20.8 Å². The quantitative estimate of drug-likeness (QED) is 0.210. The third-order valence-electron chi connectivity index (χ3n) is 8.10. The topological polar surface area (TPSA) is 38.1 Å². The number of aromatic nitrogens is 2. The molecule has 196 valence electrons. The van der Waals surface area contributed by atoms with Crippen molar-refractivity contribution in [1.29, 1.82) is 0 Å². The van der Waals surface area contributed by atoms with Gasteiger partial charge in [-0.15, -0.1) is 0 Å². The minimum absolute atomic E-state index is 0.798. The molecule has 41 heavy (non-hydrogen) atoms. The van der Waals surface area contributed by atoms with Gasteiger partial charge in [-0.2, -0.15) is 0 Å². The fourth-order valence-corrected chi connectivity index (χ4v) is 8.90. The van der Waals surface area contributed by atoms with Gasteiger partial charge in [-0.1, -0.05) is 91.0 Å². The van der Waals surface area contributed by atoms with Gasteiger partial charge in [-0.05, 0) is 66.2 Å². The average molecular weight is 548 g/mol. The Morgan fingerprint density at radius 2 is 1.24 bits per heavy atom. The fraction of sp³-hybridized carbons (Fsp3) is 0.0278. The average Bonchev–Trinajstić information content (AvgIpc) is 3.38. The standard InChI is InChI=1S/C36H26N3OP/c1-25-37-32-17-10-18-34-36(32)38(25)33-22-21-31(24-35(33)39(34)28-13-4-2-5-14-28)41(40,29-15-6-3-7-16-29)30-20-19-26-11-8-9-12-27(26)23-30/h2-24H,1H3. The number of imidazole rings is 1. The third kappa shape index (κ3) is 3.54. The van der Waals surface area contributed by atoms with Crippen molar-refractivity contribution in [2.75, 3.05) is 4.90 Å². The van der Waals surface area contributed by atoms with Crippen LogP contribution in [0.1, 0.15) is 5.82 Å². The van der Waals surface area contributed by atoms with Crippen LogP contribution in [0.3, 0.4) is 0 Å². The molecule has 1 aromatic heterocycles. The number of hydrogen-bond acceptors (Lipinski definition) is 3. The molecule has 1 unspecified atom stereocenters. The SMILES string of the molecule is Cc1nc2cccc3c2n1-c1ccc(P(=O)(c2ccccc2)c2ccc4ccccc4c2)cc1N3c1ccccc1. The zero-order chi connectivity index (χ0) is 27.6. The molecule has 6 aromatic carbocycles. The summed E-state index contributed by atoms with van der Waals surface area (Å²) >= 11 is 0. The molecule has 0 bridgehead atoms. The van der Waals surface area contributed by atoms with Gasteiger partial charge in [0.25, 0.3) is 0 Å². The van der Waals surface area contributed by atoms with Gasteiger partial charge in [0.15, 0.2) is 7.14 Å². The summed E-state index contributed by atoms with van der Waals surface area (Å²) in [5.41, 5.74) is 6.14. The van der Waals surface area contributed by atoms with E-state index in [1.165, 1.54) is 0 Å². The number of hydrogen-bond donors (Lipinski definition) is 0. The van der Waals surface area contributed by atoms with Crippen LogP contribution >= 0.6 is 7.14 Å². The van der Waals surface area contributed by atoms with E-state index in [2.05, 4.69) is 88.3 Å². The molecule has 0 spiro atoms. The summed E-state index contributed by atoms with van der Waals surface area (Å²) in [5.74, 6) is 0.926. The van der Waals surface area contributed by atoms with E-state index in [1.807, 2.05) is 67.6 Å². The highest BCUT2D eigenvalue weighted by atomic mass is 31.2. The predicted molar refractivity (Wildman–Crippen MR) is 171 cm³/mol. The summed E-state index contributed by atoms with van der Waals surface area (Å²) in [4.78, 5) is 7.16. The summed E-state index contributed by atoms with van der Waals surface area (Å²) in [5, 5.41) is 4.65. The first-order chi connectivity index (χ1) is 20.1. The molecule has 1 aliphatic rings. The van der Waals surface area contributed by atoms with E-state index in [-0.39, 0.29) is 0 Å². The molecule has 0 radical (unpaired) electrons. The van der Waals surface area contributed by atoms with Gasteiger partial charge in [0.2, 0.25) is 0 Å². The number of nitrogens with zero attached hydrogens (tertiary/aromatic N) is 3. The summed E-state index contributed by atoms with van der Waals surface area (Å²) in [6.45, 7) is 2.05. The Labute approximate surface area is 238 Å². The molecule has 0 saturated carbocycles. The fourth-order valence-electron chi connectivity index (χ4n) is 6.22. The first-order valence-corrected chi connectivity index (χ1v) is 15.5. The predicted octanol–water partition coefficient (Wildman–Crippen LogP) is 7.91. The van der Waals surface area contributed by atoms with E-state index >= 15 is 4.57 Å². The van der Waals surface area contributed by atoms with Gasteiger partial charge in [0.05, 0.1) is 28.1 Å². The highest BCUT2D eigenvalue weighted by molar-refractivity contribution is 7.85. The van der Waals surface area contributed by atoms with Crippen molar-refractivity contribution in [3.8, 4) is 5.69 Å². The van der Waals surface area contributed by atoms with Crippen LogP contribution in [0.4, 0.5) is 17.1 Å². The Hall–Kier alpha value is -4.92. The van der Waals surface area contributed by atoms with Crippen molar-refractivity contribution in [2.24, 2.45) is 0 Å². The second kappa shape index (κ2) is 9.05. The molecule has 2 heterocycles. The number of anilines is 3. The highest BCUT2D eigenvalue weighted by Gasteiger charge is 2.34. The molecule has 0 amide bonds. The van der Waals surface area contributed by atoms with Crippen molar-refractivity contribution >= 4 is 61.9 Å². The van der Waals surface area contributed by atoms with Crippen LogP contribution in [-0.4, -0.2) is 9.55 Å². The van der Waals surface area contributed by atoms with Gasteiger partial charge in [-0.25, -0.2) is 4.98 Å². The first kappa shape index (κ1) is 23.9. The van der Waals surface area contributed by atoms with Gasteiger partial charge >= 0.3 is 0 Å². The van der Waals surface area contributed by atoms with E-state index in [9.17, 15) is 0 Å². The second-order valence-corrected chi connectivity index (χ2v) is 13.2. The first-order valence-electron chi connectivity index (χ1n) is 13.8. The Bertz CT molecular complexity index is 2150. The molecular formula is C36H26N3OP. The van der Waals surface area contributed by atoms with Crippen molar-refractivity contribution in [3.63, 3.8) is 0 Å². The normalized spacial score (nSPS) is 13.7. The molecule has 0 N–H and O–H groups in total. The molecule has 8 rings (SSSR count). The summed E-state index contributed by atoms with van der Waals surface area (Å²) < 4.78 is 17.8. The molecular weight excluding hydrogens is 521 g/mol. The minimum Gasteiger partial charge on any atom is -0.309 e. The minimum atomic E-state index is -3.24. The van der Waals surface area contributed by atoms with Crippen molar-refractivity contribution in [2.45, 2.75) is 6.92 Å². The zero-order valence-corrected chi connectivity index (χ0v) is 23.4. The summed E-state index contributed by atoms with van der Waals surface area (Å²) in [6.07, 6.45) is 0. The number of benzene rings is 6. The lowest BCUT2D eigenvalue weighted by Crippen LogP contribution is -2.27. The number of para-hydroxylation sites is 2. The molecule has 5 heteroatoms. The second-order valence-electron chi connectivity index (χ2n) is 10.5. The molecule has 1 aliphatic heterocycles. The van der Waals surface area contributed by atoms with Gasteiger partial charge in [0, 0.05) is 21.6 Å². The Balaban J connectivity index is 1.43. The van der Waals surface area contributed by atoms with Crippen LogP contribution in [0.25, 0.3) is 27.5 Å². The van der Waals surface area contributed by atoms with E-state index < -0.39 is 7.14 Å². The smallest absolute Gasteiger partial charge is 0.171 e. The lowest BCUT2D eigenvalue weighted by molar-refractivity contribution is 0.592. The van der Waals surface area contributed by atoms with Crippen LogP contribution in [0.5, 0.6) is 0 Å². The van der Waals surface area contributed by atoms with E-state index in [0.717, 1.165) is 66.3 Å². The molecule has 0 fully saturated rings. The maximum Gasteiger partial charge on any atom is 0.171 e. The molecule has 7 aromatic rings. The van der Waals surface area contributed by atoms with E-state index in [1.54, 1.807) is 0 Å². The Morgan fingerprint density at radius 1 is 0.561 bits per heavy atom. The maximum atomic E-state index is 15.6. The molecule has 0 saturated heterocycles. The molecule has 4 nitrogen and oxygen atoms in total. The van der Waals surface area contributed by atoms with Crippen LogP contribution in [0.15, 0.2) is 140 Å². The molecule has 1 atom stereocenters.